The molecule has 2 aromatic carbocycles. The van der Waals surface area contributed by atoms with Crippen LogP contribution < -0.4 is 14.4 Å². The molecule has 138 valence electrons. The van der Waals surface area contributed by atoms with Gasteiger partial charge in [0.2, 0.25) is 10.0 Å². The molecule has 1 amide bonds. The minimum Gasteiger partial charge on any atom is -0.495 e. The van der Waals surface area contributed by atoms with Crippen LogP contribution >= 0.6 is 15.9 Å². The minimum atomic E-state index is -3.75. The van der Waals surface area contributed by atoms with Crippen LogP contribution in [-0.2, 0) is 16.4 Å². The molecule has 1 atom stereocenters. The average molecular weight is 439 g/mol. The van der Waals surface area contributed by atoms with Crippen LogP contribution in [0.4, 0.5) is 5.69 Å². The van der Waals surface area contributed by atoms with Gasteiger partial charge in [0.25, 0.3) is 5.91 Å². The third-order valence-corrected chi connectivity index (χ3v) is 6.37. The smallest absolute Gasteiger partial charge is 0.258 e. The van der Waals surface area contributed by atoms with Crippen LogP contribution in [0.3, 0.4) is 0 Å². The molecule has 8 heteroatoms. The Bertz CT molecular complexity index is 975. The number of methoxy groups -OCH3 is 1. The highest BCUT2D eigenvalue weighted by Gasteiger charge is 2.32. The number of hydrogen-bond acceptors (Lipinski definition) is 4. The number of nitrogens with one attached hydrogen (secondary N) is 1. The first-order chi connectivity index (χ1) is 12.3. The molecule has 0 radical (unpaired) electrons. The maximum atomic E-state index is 13.1. The Labute approximate surface area is 161 Å². The second-order valence-electron chi connectivity index (χ2n) is 6.07. The summed E-state index contributed by atoms with van der Waals surface area (Å²) in [6, 6.07) is 10.2. The summed E-state index contributed by atoms with van der Waals surface area (Å²) < 4.78 is 32.9. The van der Waals surface area contributed by atoms with Gasteiger partial charge in [-0.25, -0.2) is 13.1 Å². The second-order valence-corrected chi connectivity index (χ2v) is 8.85. The molecule has 0 aliphatic carbocycles. The third kappa shape index (κ3) is 3.24. The lowest BCUT2D eigenvalue weighted by Crippen LogP contribution is -2.35. The number of ether oxygens (including phenoxy) is 1. The first kappa shape index (κ1) is 18.9. The predicted octanol–water partition coefficient (Wildman–Crippen LogP) is 2.96. The lowest BCUT2D eigenvalue weighted by Gasteiger charge is -2.23. The maximum absolute atomic E-state index is 13.1. The van der Waals surface area contributed by atoms with E-state index in [4.69, 9.17) is 4.74 Å². The van der Waals surface area contributed by atoms with E-state index >= 15 is 0 Å². The molecular formula is C18H19BrN2O4S. The van der Waals surface area contributed by atoms with E-state index < -0.39 is 10.0 Å². The lowest BCUT2D eigenvalue weighted by molar-refractivity contribution is 0.0981. The van der Waals surface area contributed by atoms with Gasteiger partial charge < -0.3 is 9.64 Å². The van der Waals surface area contributed by atoms with Crippen molar-refractivity contribution in [3.8, 4) is 5.75 Å². The number of anilines is 1. The molecule has 0 saturated heterocycles. The summed E-state index contributed by atoms with van der Waals surface area (Å²) in [7, 11) is -1.04. The Morgan fingerprint density at radius 1 is 1.27 bits per heavy atom. The van der Waals surface area contributed by atoms with E-state index in [9.17, 15) is 13.2 Å². The number of fused-ring (bicyclic) bond motifs is 1. The molecule has 1 N–H and O–H groups in total. The standard InChI is InChI=1S/C18H19BrN2O4S/c1-11-8-13-9-14(19)5-6-15(13)21(11)18(22)12-4-7-16(25-3)17(10-12)26(23,24)20-2/h4-7,9-11,20H,8H2,1-3H3. The van der Waals surface area contributed by atoms with Crippen molar-refractivity contribution in [3.63, 3.8) is 0 Å². The molecule has 0 saturated carbocycles. The van der Waals surface area contributed by atoms with Crippen molar-refractivity contribution in [1.82, 2.24) is 4.72 Å². The Hall–Kier alpha value is -1.90. The molecule has 0 fully saturated rings. The molecule has 1 aliphatic heterocycles. The van der Waals surface area contributed by atoms with Gasteiger partial charge >= 0.3 is 0 Å². The van der Waals surface area contributed by atoms with E-state index in [2.05, 4.69) is 20.7 Å². The molecular weight excluding hydrogens is 420 g/mol. The van der Waals surface area contributed by atoms with Gasteiger partial charge in [0, 0.05) is 21.8 Å². The van der Waals surface area contributed by atoms with Crippen LogP contribution in [0.15, 0.2) is 45.8 Å². The summed E-state index contributed by atoms with van der Waals surface area (Å²) in [5.41, 5.74) is 2.22. The number of hydrogen-bond donors (Lipinski definition) is 1. The highest BCUT2D eigenvalue weighted by molar-refractivity contribution is 9.10. The highest BCUT2D eigenvalue weighted by Crippen LogP contribution is 2.36. The number of halogens is 1. The number of amides is 1. The van der Waals surface area contributed by atoms with Gasteiger partial charge in [-0.3, -0.25) is 4.79 Å². The summed E-state index contributed by atoms with van der Waals surface area (Å²) >= 11 is 3.45. The summed E-state index contributed by atoms with van der Waals surface area (Å²) in [5, 5.41) is 0. The molecule has 3 rings (SSSR count). The number of nitrogens with zero attached hydrogens (tertiary/aromatic N) is 1. The van der Waals surface area contributed by atoms with Gasteiger partial charge in [0.15, 0.2) is 0 Å². The van der Waals surface area contributed by atoms with Crippen LogP contribution in [0, 0.1) is 0 Å². The summed E-state index contributed by atoms with van der Waals surface area (Å²) in [5.74, 6) is -0.0523. The van der Waals surface area contributed by atoms with Crippen molar-refractivity contribution in [2.75, 3.05) is 19.1 Å². The van der Waals surface area contributed by atoms with Crippen LogP contribution in [-0.4, -0.2) is 34.5 Å². The molecule has 1 heterocycles. The zero-order chi connectivity index (χ0) is 19.1. The molecule has 1 aliphatic rings. The monoisotopic (exact) mass is 438 g/mol. The predicted molar refractivity (Wildman–Crippen MR) is 103 cm³/mol. The third-order valence-electron chi connectivity index (χ3n) is 4.44. The number of rotatable bonds is 4. The largest absolute Gasteiger partial charge is 0.495 e. The van der Waals surface area contributed by atoms with Crippen LogP contribution in [0.5, 0.6) is 5.75 Å². The van der Waals surface area contributed by atoms with Crippen molar-refractivity contribution in [3.05, 3.63) is 52.0 Å². The molecule has 26 heavy (non-hydrogen) atoms. The van der Waals surface area contributed by atoms with Crippen molar-refractivity contribution < 1.29 is 17.9 Å². The topological polar surface area (TPSA) is 75.7 Å². The summed E-state index contributed by atoms with van der Waals surface area (Å²) in [4.78, 5) is 14.8. The fraction of sp³-hybridized carbons (Fsp3) is 0.278. The maximum Gasteiger partial charge on any atom is 0.258 e. The first-order valence-corrected chi connectivity index (χ1v) is 10.3. The van der Waals surface area contributed by atoms with E-state index in [-0.39, 0.29) is 22.6 Å². The molecule has 0 spiro atoms. The van der Waals surface area contributed by atoms with Gasteiger partial charge in [-0.2, -0.15) is 0 Å². The van der Waals surface area contributed by atoms with Crippen molar-refractivity contribution in [2.45, 2.75) is 24.3 Å². The molecule has 2 aromatic rings. The quantitative estimate of drug-likeness (QED) is 0.795. The Morgan fingerprint density at radius 3 is 2.65 bits per heavy atom. The molecule has 0 bridgehead atoms. The van der Waals surface area contributed by atoms with Gasteiger partial charge in [-0.15, -0.1) is 0 Å². The zero-order valence-corrected chi connectivity index (χ0v) is 17.0. The number of sulfonamides is 1. The van der Waals surface area contributed by atoms with E-state index in [0.29, 0.717) is 5.56 Å². The fourth-order valence-electron chi connectivity index (χ4n) is 3.18. The van der Waals surface area contributed by atoms with Gasteiger partial charge in [0.05, 0.1) is 7.11 Å². The molecule has 6 nitrogen and oxygen atoms in total. The molecule has 0 aromatic heterocycles. The second kappa shape index (κ2) is 7.02. The van der Waals surface area contributed by atoms with Gasteiger partial charge in [-0.05, 0) is 62.4 Å². The van der Waals surface area contributed by atoms with Crippen molar-refractivity contribution in [1.29, 1.82) is 0 Å². The Morgan fingerprint density at radius 2 is 2.00 bits per heavy atom. The Balaban J connectivity index is 2.05. The lowest BCUT2D eigenvalue weighted by atomic mass is 10.1. The Kier molecular flexibility index (Phi) is 5.09. The fourth-order valence-corrected chi connectivity index (χ4v) is 4.50. The summed E-state index contributed by atoms with van der Waals surface area (Å²) in [6.07, 6.45) is 0.748. The van der Waals surface area contributed by atoms with Crippen LogP contribution in [0.25, 0.3) is 0 Å². The van der Waals surface area contributed by atoms with E-state index in [1.54, 1.807) is 11.0 Å². The van der Waals surface area contributed by atoms with Crippen molar-refractivity contribution in [2.24, 2.45) is 0 Å². The van der Waals surface area contributed by atoms with Crippen LogP contribution in [0.2, 0.25) is 0 Å². The first-order valence-electron chi connectivity index (χ1n) is 8.02. The van der Waals surface area contributed by atoms with E-state index in [1.165, 1.54) is 26.3 Å². The van der Waals surface area contributed by atoms with E-state index in [0.717, 1.165) is 22.1 Å². The van der Waals surface area contributed by atoms with Gasteiger partial charge in [0.1, 0.15) is 10.6 Å². The van der Waals surface area contributed by atoms with Crippen molar-refractivity contribution >= 4 is 37.5 Å². The van der Waals surface area contributed by atoms with Gasteiger partial charge in [-0.1, -0.05) is 15.9 Å². The van der Waals surface area contributed by atoms with E-state index in [1.807, 2.05) is 25.1 Å². The molecule has 1 unspecified atom stereocenters. The SMILES string of the molecule is CNS(=O)(=O)c1cc(C(=O)N2c3ccc(Br)cc3CC2C)ccc1OC. The normalized spacial score (nSPS) is 16.5. The zero-order valence-electron chi connectivity index (χ0n) is 14.6. The highest BCUT2D eigenvalue weighted by atomic mass is 79.9. The average Bonchev–Trinajstić information content (AvgIpc) is 2.95. The number of carbonyl (C=O) groups excluding carboxylic acids is 1. The number of benzene rings is 2. The minimum absolute atomic E-state index is 0.0155. The van der Waals surface area contributed by atoms with Crippen LogP contribution in [0.1, 0.15) is 22.8 Å². The number of carbonyl (C=O) groups is 1. The summed E-state index contributed by atoms with van der Waals surface area (Å²) in [6.45, 7) is 1.97.